The first-order chi connectivity index (χ1) is 26.3. The Kier molecular flexibility index (Phi) is 5.96. The van der Waals surface area contributed by atoms with Crippen LogP contribution in [0.1, 0.15) is 0 Å². The average Bonchev–Trinajstić information content (AvgIpc) is 3.74. The summed E-state index contributed by atoms with van der Waals surface area (Å²) in [4.78, 5) is 13.0. The van der Waals surface area contributed by atoms with Gasteiger partial charge in [0.05, 0.1) is 33.3 Å². The molecule has 246 valence electrons. The zero-order chi connectivity index (χ0) is 34.6. The Morgan fingerprint density at radius 1 is 0.434 bits per heavy atom. The molecule has 0 N–H and O–H groups in total. The minimum Gasteiger partial charge on any atom is -0.309 e. The van der Waals surface area contributed by atoms with Crippen molar-refractivity contribution in [2.45, 2.75) is 9.79 Å². The fourth-order valence-electron chi connectivity index (χ4n) is 8.56. The number of benzene rings is 8. The molecule has 0 spiro atoms. The Morgan fingerprint density at radius 2 is 1.11 bits per heavy atom. The highest BCUT2D eigenvalue weighted by atomic mass is 32.2. The van der Waals surface area contributed by atoms with Gasteiger partial charge in [0.1, 0.15) is 0 Å². The van der Waals surface area contributed by atoms with Gasteiger partial charge in [-0.25, -0.2) is 9.97 Å². The van der Waals surface area contributed by atoms with Crippen LogP contribution >= 0.6 is 11.8 Å². The molecule has 0 saturated carbocycles. The second kappa shape index (κ2) is 10.9. The SMILES string of the molecule is c1ccc(-n2c3ccc(-c4ccc5c(c4)c4ccccc4n5-c4nc5c6c(cccc6n4)Sc4ccccc4-5)cc3c3ccc4ccccc4c32)cc1. The van der Waals surface area contributed by atoms with E-state index < -0.39 is 0 Å². The molecule has 4 heterocycles. The van der Waals surface area contributed by atoms with Gasteiger partial charge in [-0.2, -0.15) is 0 Å². The van der Waals surface area contributed by atoms with Crippen molar-refractivity contribution >= 4 is 77.0 Å². The van der Waals surface area contributed by atoms with Crippen LogP contribution in [-0.4, -0.2) is 19.1 Å². The first-order valence-corrected chi connectivity index (χ1v) is 18.7. The van der Waals surface area contributed by atoms with Gasteiger partial charge in [-0.1, -0.05) is 121 Å². The molecule has 0 radical (unpaired) electrons. The van der Waals surface area contributed by atoms with Gasteiger partial charge in [-0.05, 0) is 77.2 Å². The van der Waals surface area contributed by atoms with E-state index in [0.29, 0.717) is 5.95 Å². The third-order valence-electron chi connectivity index (χ3n) is 10.9. The molecule has 0 amide bonds. The largest absolute Gasteiger partial charge is 0.309 e. The number of para-hydroxylation sites is 2. The number of nitrogens with zero attached hydrogens (tertiary/aromatic N) is 4. The topological polar surface area (TPSA) is 35.6 Å². The molecule has 0 bridgehead atoms. The van der Waals surface area contributed by atoms with E-state index in [-0.39, 0.29) is 0 Å². The van der Waals surface area contributed by atoms with Gasteiger partial charge in [0, 0.05) is 53.4 Å². The quantitative estimate of drug-likeness (QED) is 0.185. The summed E-state index contributed by atoms with van der Waals surface area (Å²) < 4.78 is 4.66. The van der Waals surface area contributed by atoms with Gasteiger partial charge in [0.2, 0.25) is 5.95 Å². The van der Waals surface area contributed by atoms with Gasteiger partial charge in [-0.15, -0.1) is 0 Å². The maximum Gasteiger partial charge on any atom is 0.235 e. The van der Waals surface area contributed by atoms with Crippen LogP contribution in [0.5, 0.6) is 0 Å². The van der Waals surface area contributed by atoms with Crippen LogP contribution in [0, 0.1) is 0 Å². The summed E-state index contributed by atoms with van der Waals surface area (Å²) in [5.41, 5.74) is 11.2. The van der Waals surface area contributed by atoms with Gasteiger partial charge in [0.15, 0.2) is 0 Å². The maximum absolute atomic E-state index is 5.34. The van der Waals surface area contributed by atoms with E-state index in [2.05, 4.69) is 179 Å². The van der Waals surface area contributed by atoms with Crippen molar-refractivity contribution in [3.05, 3.63) is 170 Å². The van der Waals surface area contributed by atoms with Crippen LogP contribution in [0.15, 0.2) is 180 Å². The third kappa shape index (κ3) is 4.14. The molecule has 1 aliphatic heterocycles. The number of rotatable bonds is 3. The van der Waals surface area contributed by atoms with E-state index >= 15 is 0 Å². The van der Waals surface area contributed by atoms with Crippen LogP contribution in [0.4, 0.5) is 0 Å². The zero-order valence-corrected chi connectivity index (χ0v) is 29.2. The van der Waals surface area contributed by atoms with E-state index in [4.69, 9.17) is 9.97 Å². The molecule has 12 rings (SSSR count). The number of aromatic nitrogens is 4. The maximum atomic E-state index is 5.34. The van der Waals surface area contributed by atoms with E-state index in [1.807, 2.05) is 0 Å². The highest BCUT2D eigenvalue weighted by Crippen LogP contribution is 2.47. The Labute approximate surface area is 308 Å². The normalized spacial score (nSPS) is 12.5. The monoisotopic (exact) mass is 692 g/mol. The highest BCUT2D eigenvalue weighted by molar-refractivity contribution is 7.99. The Balaban J connectivity index is 1.08. The Morgan fingerprint density at radius 3 is 1.98 bits per heavy atom. The molecular formula is C48H28N4S. The van der Waals surface area contributed by atoms with Crippen LogP contribution in [-0.2, 0) is 0 Å². The Hall–Kier alpha value is -6.69. The molecule has 0 saturated heterocycles. The summed E-state index contributed by atoms with van der Waals surface area (Å²) in [6.07, 6.45) is 0. The second-order valence-electron chi connectivity index (χ2n) is 13.8. The summed E-state index contributed by atoms with van der Waals surface area (Å²) in [5, 5.41) is 8.47. The first kappa shape index (κ1) is 28.9. The van der Waals surface area contributed by atoms with Crippen molar-refractivity contribution in [2.75, 3.05) is 0 Å². The summed E-state index contributed by atoms with van der Waals surface area (Å²) in [6.45, 7) is 0. The van der Waals surface area contributed by atoms with E-state index in [1.54, 1.807) is 11.8 Å². The number of hydrogen-bond donors (Lipinski definition) is 0. The lowest BCUT2D eigenvalue weighted by atomic mass is 10.00. The van der Waals surface area contributed by atoms with Gasteiger partial charge < -0.3 is 4.57 Å². The minimum absolute atomic E-state index is 0.688. The van der Waals surface area contributed by atoms with Crippen LogP contribution in [0.3, 0.4) is 0 Å². The third-order valence-corrected chi connectivity index (χ3v) is 12.0. The molecule has 8 aromatic carbocycles. The van der Waals surface area contributed by atoms with Crippen molar-refractivity contribution < 1.29 is 0 Å². The molecule has 1 aliphatic rings. The van der Waals surface area contributed by atoms with Crippen LogP contribution in [0.2, 0.25) is 0 Å². The van der Waals surface area contributed by atoms with E-state index in [9.17, 15) is 0 Å². The molecule has 5 heteroatoms. The lowest BCUT2D eigenvalue weighted by Gasteiger charge is -2.20. The molecule has 3 aromatic heterocycles. The molecule has 11 aromatic rings. The van der Waals surface area contributed by atoms with Crippen molar-refractivity contribution in [1.29, 1.82) is 0 Å². The van der Waals surface area contributed by atoms with Crippen LogP contribution < -0.4 is 0 Å². The molecule has 53 heavy (non-hydrogen) atoms. The summed E-state index contributed by atoms with van der Waals surface area (Å²) >= 11 is 1.80. The fourth-order valence-corrected chi connectivity index (χ4v) is 9.67. The van der Waals surface area contributed by atoms with Crippen molar-refractivity contribution in [3.63, 3.8) is 0 Å². The molecule has 0 atom stereocenters. The highest BCUT2D eigenvalue weighted by Gasteiger charge is 2.24. The fraction of sp³-hybridized carbons (Fsp3) is 0. The average molecular weight is 693 g/mol. The van der Waals surface area contributed by atoms with Gasteiger partial charge in [-0.3, -0.25) is 4.57 Å². The first-order valence-electron chi connectivity index (χ1n) is 17.9. The van der Waals surface area contributed by atoms with Crippen molar-refractivity contribution in [3.8, 4) is 34.0 Å². The molecule has 0 fully saturated rings. The smallest absolute Gasteiger partial charge is 0.235 e. The second-order valence-corrected chi connectivity index (χ2v) is 14.9. The Bertz CT molecular complexity index is 3320. The van der Waals surface area contributed by atoms with Crippen LogP contribution in [0.25, 0.3) is 99.3 Å². The lowest BCUT2D eigenvalue weighted by Crippen LogP contribution is -2.05. The van der Waals surface area contributed by atoms with Gasteiger partial charge >= 0.3 is 0 Å². The molecular weight excluding hydrogens is 665 g/mol. The summed E-state index contributed by atoms with van der Waals surface area (Å²) in [5.74, 6) is 0.688. The molecule has 0 aliphatic carbocycles. The standard InChI is InChI=1S/C48H28N4S/c1-2-12-32(13-3-1)51-41-25-22-31(28-38(41)35-24-21-29-11-4-5-14-33(29)47(35)51)30-23-26-42-37(27-30)34-15-6-8-18-40(34)52(42)48-49-39-17-10-20-44-45(39)46(50-48)36-16-7-9-19-43(36)53-44/h1-28H. The number of hydrogen-bond acceptors (Lipinski definition) is 3. The summed E-state index contributed by atoms with van der Waals surface area (Å²) in [6, 6.07) is 61.3. The lowest BCUT2D eigenvalue weighted by molar-refractivity contribution is 1.01. The predicted molar refractivity (Wildman–Crippen MR) is 221 cm³/mol. The molecule has 4 nitrogen and oxygen atoms in total. The van der Waals surface area contributed by atoms with Crippen molar-refractivity contribution in [1.82, 2.24) is 19.1 Å². The van der Waals surface area contributed by atoms with E-state index in [0.717, 1.165) is 38.9 Å². The van der Waals surface area contributed by atoms with E-state index in [1.165, 1.54) is 64.3 Å². The van der Waals surface area contributed by atoms with Crippen molar-refractivity contribution in [2.24, 2.45) is 0 Å². The summed E-state index contributed by atoms with van der Waals surface area (Å²) in [7, 11) is 0. The zero-order valence-electron chi connectivity index (χ0n) is 28.4. The van der Waals surface area contributed by atoms with Gasteiger partial charge in [0.25, 0.3) is 0 Å². The molecule has 0 unspecified atom stereocenters. The predicted octanol–water partition coefficient (Wildman–Crippen LogP) is 12.8. The minimum atomic E-state index is 0.688. The number of fused-ring (bicyclic) bond motifs is 10.